The molecule has 3 aromatic rings. The number of nitrogens with zero attached hydrogens (tertiary/aromatic N) is 2. The number of hydrogen-bond donors (Lipinski definition) is 1. The van der Waals surface area contributed by atoms with E-state index in [2.05, 4.69) is 15.3 Å². The Bertz CT molecular complexity index is 852. The van der Waals surface area contributed by atoms with E-state index in [1.54, 1.807) is 12.1 Å². The number of nitrogens with one attached hydrogen (secondary N) is 1. The van der Waals surface area contributed by atoms with Crippen LogP contribution in [0.4, 0.5) is 14.6 Å². The van der Waals surface area contributed by atoms with Gasteiger partial charge in [-0.3, -0.25) is 0 Å². The molecule has 0 aliphatic rings. The predicted molar refractivity (Wildman–Crippen MR) is 96.5 cm³/mol. The first kappa shape index (κ1) is 17.8. The largest absolute Gasteiger partial charge is 0.457 e. The minimum Gasteiger partial charge on any atom is -0.457 e. The van der Waals surface area contributed by atoms with Gasteiger partial charge in [-0.15, -0.1) is 0 Å². The topological polar surface area (TPSA) is 47.0 Å². The molecule has 0 saturated carbocycles. The van der Waals surface area contributed by atoms with Gasteiger partial charge in [0.15, 0.2) is 11.6 Å². The maximum Gasteiger partial charge on any atom is 0.186 e. The van der Waals surface area contributed by atoms with Crippen molar-refractivity contribution in [3.05, 3.63) is 77.8 Å². The van der Waals surface area contributed by atoms with E-state index >= 15 is 0 Å². The Kier molecular flexibility index (Phi) is 5.73. The van der Waals surface area contributed by atoms with Gasteiger partial charge >= 0.3 is 0 Å². The van der Waals surface area contributed by atoms with E-state index in [4.69, 9.17) is 4.74 Å². The number of aryl methyl sites for hydroxylation is 1. The van der Waals surface area contributed by atoms with Crippen molar-refractivity contribution in [2.75, 3.05) is 11.9 Å². The molecule has 6 heteroatoms. The third-order valence-electron chi connectivity index (χ3n) is 3.88. The molecule has 0 bridgehead atoms. The number of benzene rings is 2. The molecular weight excluding hydrogens is 336 g/mol. The van der Waals surface area contributed by atoms with Crippen LogP contribution in [-0.2, 0) is 12.8 Å². The zero-order valence-electron chi connectivity index (χ0n) is 14.4. The molecule has 2 aromatic carbocycles. The fourth-order valence-corrected chi connectivity index (χ4v) is 2.46. The highest BCUT2D eigenvalue weighted by Gasteiger charge is 2.08. The molecular formula is C20H19F2N3O. The summed E-state index contributed by atoms with van der Waals surface area (Å²) in [5, 5.41) is 3.00. The molecule has 0 amide bonds. The van der Waals surface area contributed by atoms with Crippen molar-refractivity contribution in [3.8, 4) is 11.5 Å². The first-order valence-electron chi connectivity index (χ1n) is 8.41. The standard InChI is InChI=1S/C20H19F2N3O/c1-2-18-19(22)20(25-13-24-18)23-12-11-14-3-7-16(8-4-14)26-17-9-5-15(21)6-10-17/h3-10,13H,2,11-12H2,1H3,(H,23,24,25). The quantitative estimate of drug-likeness (QED) is 0.663. The van der Waals surface area contributed by atoms with E-state index in [1.807, 2.05) is 31.2 Å². The van der Waals surface area contributed by atoms with Gasteiger partial charge in [-0.1, -0.05) is 19.1 Å². The second kappa shape index (κ2) is 8.38. The highest BCUT2D eigenvalue weighted by Crippen LogP contribution is 2.22. The van der Waals surface area contributed by atoms with Crippen LogP contribution in [0.15, 0.2) is 54.9 Å². The van der Waals surface area contributed by atoms with E-state index in [1.165, 1.54) is 18.5 Å². The number of ether oxygens (including phenoxy) is 1. The molecule has 0 radical (unpaired) electrons. The van der Waals surface area contributed by atoms with Gasteiger partial charge in [0.2, 0.25) is 0 Å². The Labute approximate surface area is 150 Å². The van der Waals surface area contributed by atoms with Crippen LogP contribution in [0.2, 0.25) is 0 Å². The second-order valence-corrected chi connectivity index (χ2v) is 5.71. The van der Waals surface area contributed by atoms with Gasteiger partial charge in [-0.05, 0) is 54.8 Å². The lowest BCUT2D eigenvalue weighted by atomic mass is 10.1. The van der Waals surface area contributed by atoms with Crippen LogP contribution in [-0.4, -0.2) is 16.5 Å². The SMILES string of the molecule is CCc1ncnc(NCCc2ccc(Oc3ccc(F)cc3)cc2)c1F. The Morgan fingerprint density at radius 2 is 1.58 bits per heavy atom. The average Bonchev–Trinajstić information content (AvgIpc) is 2.66. The molecule has 1 heterocycles. The van der Waals surface area contributed by atoms with Crippen LogP contribution < -0.4 is 10.1 Å². The smallest absolute Gasteiger partial charge is 0.186 e. The first-order valence-corrected chi connectivity index (χ1v) is 8.41. The Morgan fingerprint density at radius 3 is 2.23 bits per heavy atom. The van der Waals surface area contributed by atoms with Gasteiger partial charge in [-0.2, -0.15) is 0 Å². The van der Waals surface area contributed by atoms with Crippen LogP contribution in [0.25, 0.3) is 0 Å². The summed E-state index contributed by atoms with van der Waals surface area (Å²) in [6.07, 6.45) is 2.60. The number of hydrogen-bond acceptors (Lipinski definition) is 4. The van der Waals surface area contributed by atoms with Crippen molar-refractivity contribution in [3.63, 3.8) is 0 Å². The van der Waals surface area contributed by atoms with E-state index < -0.39 is 5.82 Å². The molecule has 3 rings (SSSR count). The average molecular weight is 355 g/mol. The lowest BCUT2D eigenvalue weighted by molar-refractivity contribution is 0.480. The van der Waals surface area contributed by atoms with Crippen LogP contribution in [0.3, 0.4) is 0 Å². The zero-order valence-corrected chi connectivity index (χ0v) is 14.4. The highest BCUT2D eigenvalue weighted by atomic mass is 19.1. The van der Waals surface area contributed by atoms with Gasteiger partial charge in [0.1, 0.15) is 23.6 Å². The number of halogens is 2. The van der Waals surface area contributed by atoms with E-state index in [0.717, 1.165) is 5.56 Å². The number of rotatable bonds is 7. The van der Waals surface area contributed by atoms with Crippen LogP contribution in [0.1, 0.15) is 18.2 Å². The van der Waals surface area contributed by atoms with Crippen molar-refractivity contribution in [2.24, 2.45) is 0 Å². The third-order valence-corrected chi connectivity index (χ3v) is 3.88. The van der Waals surface area contributed by atoms with Crippen LogP contribution in [0, 0.1) is 11.6 Å². The van der Waals surface area contributed by atoms with Gasteiger partial charge < -0.3 is 10.1 Å². The summed E-state index contributed by atoms with van der Waals surface area (Å²) < 4.78 is 32.6. The lowest BCUT2D eigenvalue weighted by Gasteiger charge is -2.09. The molecule has 0 saturated heterocycles. The Morgan fingerprint density at radius 1 is 0.923 bits per heavy atom. The summed E-state index contributed by atoms with van der Waals surface area (Å²) in [6, 6.07) is 13.4. The third kappa shape index (κ3) is 4.53. The highest BCUT2D eigenvalue weighted by molar-refractivity contribution is 5.38. The number of aromatic nitrogens is 2. The molecule has 26 heavy (non-hydrogen) atoms. The fraction of sp³-hybridized carbons (Fsp3) is 0.200. The normalized spacial score (nSPS) is 10.6. The molecule has 134 valence electrons. The van der Waals surface area contributed by atoms with Crippen molar-refractivity contribution in [1.29, 1.82) is 0 Å². The van der Waals surface area contributed by atoms with Gasteiger partial charge in [0.05, 0.1) is 5.69 Å². The molecule has 0 aliphatic carbocycles. The van der Waals surface area contributed by atoms with Crippen LogP contribution in [0.5, 0.6) is 11.5 Å². The second-order valence-electron chi connectivity index (χ2n) is 5.71. The zero-order chi connectivity index (χ0) is 18.4. The lowest BCUT2D eigenvalue weighted by Crippen LogP contribution is -2.10. The maximum absolute atomic E-state index is 14.1. The van der Waals surface area contributed by atoms with Crippen LogP contribution >= 0.6 is 0 Å². The molecule has 1 aromatic heterocycles. The summed E-state index contributed by atoms with van der Waals surface area (Å²) in [5.74, 6) is 0.784. The predicted octanol–water partition coefficient (Wildman–Crippen LogP) is 4.76. The summed E-state index contributed by atoms with van der Waals surface area (Å²) in [5.41, 5.74) is 1.49. The summed E-state index contributed by atoms with van der Waals surface area (Å²) in [7, 11) is 0. The molecule has 0 aliphatic heterocycles. The maximum atomic E-state index is 14.1. The van der Waals surface area contributed by atoms with E-state index in [-0.39, 0.29) is 11.6 Å². The molecule has 0 atom stereocenters. The van der Waals surface area contributed by atoms with Gasteiger partial charge in [0.25, 0.3) is 0 Å². The van der Waals surface area contributed by atoms with Crippen molar-refractivity contribution in [2.45, 2.75) is 19.8 Å². The van der Waals surface area contributed by atoms with Gasteiger partial charge in [0, 0.05) is 6.54 Å². The Balaban J connectivity index is 1.54. The molecule has 1 N–H and O–H groups in total. The molecule has 0 unspecified atom stereocenters. The molecule has 0 spiro atoms. The molecule has 0 fully saturated rings. The summed E-state index contributed by atoms with van der Waals surface area (Å²) in [6.45, 7) is 2.40. The number of anilines is 1. The first-order chi connectivity index (χ1) is 12.7. The summed E-state index contributed by atoms with van der Waals surface area (Å²) in [4.78, 5) is 7.85. The van der Waals surface area contributed by atoms with Gasteiger partial charge in [-0.25, -0.2) is 18.7 Å². The fourth-order valence-electron chi connectivity index (χ4n) is 2.46. The van der Waals surface area contributed by atoms with Crippen molar-refractivity contribution < 1.29 is 13.5 Å². The summed E-state index contributed by atoms with van der Waals surface area (Å²) >= 11 is 0. The monoisotopic (exact) mass is 355 g/mol. The van der Waals surface area contributed by atoms with E-state index in [9.17, 15) is 8.78 Å². The minimum absolute atomic E-state index is 0.230. The molecule has 4 nitrogen and oxygen atoms in total. The minimum atomic E-state index is -0.391. The van der Waals surface area contributed by atoms with Crippen molar-refractivity contribution in [1.82, 2.24) is 9.97 Å². The Hall–Kier alpha value is -3.02. The van der Waals surface area contributed by atoms with Crippen molar-refractivity contribution >= 4 is 5.82 Å². The van der Waals surface area contributed by atoms with E-state index in [0.29, 0.717) is 36.6 Å².